The molecule has 2 N–H and O–H groups in total. The summed E-state index contributed by atoms with van der Waals surface area (Å²) < 4.78 is 23.9. The van der Waals surface area contributed by atoms with E-state index in [9.17, 15) is 9.18 Å². The van der Waals surface area contributed by atoms with Crippen LogP contribution in [0, 0.1) is 0 Å². The zero-order valence-corrected chi connectivity index (χ0v) is 11.6. The Morgan fingerprint density at radius 1 is 1.30 bits per heavy atom. The fourth-order valence-electron chi connectivity index (χ4n) is 1.97. The van der Waals surface area contributed by atoms with Gasteiger partial charge in [-0.25, -0.2) is 14.3 Å². The van der Waals surface area contributed by atoms with E-state index in [1.165, 1.54) is 18.3 Å². The highest BCUT2D eigenvalue weighted by Crippen LogP contribution is 2.26. The third-order valence-corrected chi connectivity index (χ3v) is 2.93. The molecule has 2 aromatic heterocycles. The molecule has 3 rings (SSSR count). The van der Waals surface area contributed by atoms with Gasteiger partial charge in [0.25, 0.3) is 0 Å². The van der Waals surface area contributed by atoms with E-state index in [4.69, 9.17) is 14.7 Å². The lowest BCUT2D eigenvalue weighted by atomic mass is 10.1. The normalized spacial score (nSPS) is 10.7. The minimum absolute atomic E-state index is 0.0954. The summed E-state index contributed by atoms with van der Waals surface area (Å²) >= 11 is 0. The number of ether oxygens (including phenoxy) is 2. The van der Waals surface area contributed by atoms with E-state index >= 15 is 0 Å². The van der Waals surface area contributed by atoms with Crippen LogP contribution in [-0.4, -0.2) is 42.2 Å². The predicted molar refractivity (Wildman–Crippen MR) is 72.3 cm³/mol. The zero-order valence-electron chi connectivity index (χ0n) is 11.6. The van der Waals surface area contributed by atoms with Crippen molar-refractivity contribution < 1.29 is 19.1 Å². The SMILES string of the molecule is O=c1[nH]nnn1-c1cccc(OCF)c1COc1ccn(O)n1. The van der Waals surface area contributed by atoms with Gasteiger partial charge in [-0.3, -0.25) is 0 Å². The highest BCUT2D eigenvalue weighted by atomic mass is 19.1. The molecule has 0 atom stereocenters. The van der Waals surface area contributed by atoms with Gasteiger partial charge >= 0.3 is 5.69 Å². The number of H-pyrrole nitrogens is 1. The molecule has 0 saturated heterocycles. The molecular formula is C12H11FN6O4. The summed E-state index contributed by atoms with van der Waals surface area (Å²) in [6.45, 7) is -1.14. The zero-order chi connectivity index (χ0) is 16.2. The molecule has 120 valence electrons. The van der Waals surface area contributed by atoms with Gasteiger partial charge in [0.15, 0.2) is 0 Å². The van der Waals surface area contributed by atoms with Gasteiger partial charge in [0.2, 0.25) is 12.7 Å². The van der Waals surface area contributed by atoms with Crippen molar-refractivity contribution in [3.8, 4) is 17.3 Å². The van der Waals surface area contributed by atoms with E-state index in [1.807, 2.05) is 0 Å². The van der Waals surface area contributed by atoms with Crippen LogP contribution in [-0.2, 0) is 6.61 Å². The first kappa shape index (κ1) is 14.6. The monoisotopic (exact) mass is 322 g/mol. The first-order valence-electron chi connectivity index (χ1n) is 6.38. The van der Waals surface area contributed by atoms with Crippen LogP contribution in [0.25, 0.3) is 5.69 Å². The summed E-state index contributed by atoms with van der Waals surface area (Å²) in [5.74, 6) is 0.323. The quantitative estimate of drug-likeness (QED) is 0.625. The molecule has 0 unspecified atom stereocenters. The molecule has 0 aliphatic carbocycles. The van der Waals surface area contributed by atoms with E-state index < -0.39 is 12.6 Å². The Labute approximate surface area is 127 Å². The Balaban J connectivity index is 1.97. The average Bonchev–Trinajstić information content (AvgIpc) is 3.14. The summed E-state index contributed by atoms with van der Waals surface area (Å²) in [6, 6.07) is 6.11. The Kier molecular flexibility index (Phi) is 3.91. The number of rotatable bonds is 6. The number of alkyl halides is 1. The van der Waals surface area contributed by atoms with Crippen molar-refractivity contribution in [2.45, 2.75) is 6.61 Å². The van der Waals surface area contributed by atoms with Gasteiger partial charge in [0, 0.05) is 6.07 Å². The molecule has 0 amide bonds. The molecule has 0 aliphatic rings. The smallest absolute Gasteiger partial charge is 0.365 e. The molecule has 0 spiro atoms. The van der Waals surface area contributed by atoms with E-state index in [0.717, 1.165) is 4.68 Å². The standard InChI is InChI=1S/C12H11FN6O4/c13-7-23-10-3-1-2-9(19-12(20)14-16-17-19)8(10)6-22-11-4-5-18(21)15-11/h1-5,21H,6-7H2,(H,14,17,20). The third-order valence-electron chi connectivity index (χ3n) is 2.93. The number of hydrogen-bond acceptors (Lipinski definition) is 7. The lowest BCUT2D eigenvalue weighted by Gasteiger charge is -2.13. The van der Waals surface area contributed by atoms with Gasteiger partial charge < -0.3 is 14.7 Å². The van der Waals surface area contributed by atoms with Crippen LogP contribution < -0.4 is 15.2 Å². The fourth-order valence-corrected chi connectivity index (χ4v) is 1.97. The number of nitrogens with one attached hydrogen (secondary N) is 1. The van der Waals surface area contributed by atoms with Crippen LogP contribution in [0.2, 0.25) is 0 Å². The van der Waals surface area contributed by atoms with Crippen molar-refractivity contribution in [3.63, 3.8) is 0 Å². The largest absolute Gasteiger partial charge is 0.471 e. The van der Waals surface area contributed by atoms with Gasteiger partial charge in [-0.2, -0.15) is 4.68 Å². The Hall–Kier alpha value is -3.37. The number of benzene rings is 1. The molecule has 3 aromatic rings. The molecule has 2 heterocycles. The van der Waals surface area contributed by atoms with E-state index in [0.29, 0.717) is 16.1 Å². The van der Waals surface area contributed by atoms with Gasteiger partial charge in [0.1, 0.15) is 12.4 Å². The van der Waals surface area contributed by atoms with Crippen LogP contribution in [0.5, 0.6) is 11.6 Å². The second-order valence-electron chi connectivity index (χ2n) is 4.29. The molecule has 10 nitrogen and oxygen atoms in total. The van der Waals surface area contributed by atoms with Crippen molar-refractivity contribution in [1.82, 2.24) is 30.2 Å². The Bertz CT molecular complexity index is 857. The number of nitrogens with zero attached hydrogens (tertiary/aromatic N) is 5. The van der Waals surface area contributed by atoms with E-state index in [2.05, 4.69) is 20.6 Å². The first-order chi connectivity index (χ1) is 11.2. The second-order valence-corrected chi connectivity index (χ2v) is 4.29. The van der Waals surface area contributed by atoms with Crippen molar-refractivity contribution >= 4 is 0 Å². The highest BCUT2D eigenvalue weighted by Gasteiger charge is 2.16. The van der Waals surface area contributed by atoms with Gasteiger partial charge in [0.05, 0.1) is 17.4 Å². The van der Waals surface area contributed by atoms with Gasteiger partial charge in [-0.15, -0.1) is 4.85 Å². The molecule has 11 heteroatoms. The van der Waals surface area contributed by atoms with Crippen molar-refractivity contribution in [1.29, 1.82) is 0 Å². The predicted octanol–water partition coefficient (Wildman–Crippen LogP) is 0.274. The summed E-state index contributed by atoms with van der Waals surface area (Å²) in [6.07, 6.45) is 1.28. The van der Waals surface area contributed by atoms with Crippen LogP contribution in [0.3, 0.4) is 0 Å². The van der Waals surface area contributed by atoms with Crippen LogP contribution >= 0.6 is 0 Å². The average molecular weight is 322 g/mol. The topological polar surface area (TPSA) is 120 Å². The third kappa shape index (κ3) is 2.97. The van der Waals surface area contributed by atoms with Crippen LogP contribution in [0.15, 0.2) is 35.3 Å². The number of tetrazole rings is 1. The van der Waals surface area contributed by atoms with Crippen molar-refractivity contribution in [3.05, 3.63) is 46.5 Å². The minimum atomic E-state index is -1.05. The minimum Gasteiger partial charge on any atom is -0.471 e. The summed E-state index contributed by atoms with van der Waals surface area (Å²) in [4.78, 5) is 12.3. The number of hydrogen-bond donors (Lipinski definition) is 2. The maximum absolute atomic E-state index is 12.6. The van der Waals surface area contributed by atoms with Gasteiger partial charge in [-0.05, 0) is 22.6 Å². The van der Waals surface area contributed by atoms with Crippen molar-refractivity contribution in [2.75, 3.05) is 6.86 Å². The van der Waals surface area contributed by atoms with Gasteiger partial charge in [-0.1, -0.05) is 11.2 Å². The lowest BCUT2D eigenvalue weighted by Crippen LogP contribution is -2.18. The second kappa shape index (κ2) is 6.17. The molecule has 0 fully saturated rings. The first-order valence-corrected chi connectivity index (χ1v) is 6.38. The number of halogens is 1. The Morgan fingerprint density at radius 3 is 2.83 bits per heavy atom. The van der Waals surface area contributed by atoms with E-state index in [1.54, 1.807) is 12.1 Å². The Morgan fingerprint density at radius 2 is 2.17 bits per heavy atom. The maximum atomic E-state index is 12.6. The maximum Gasteiger partial charge on any atom is 0.365 e. The van der Waals surface area contributed by atoms with Crippen LogP contribution in [0.1, 0.15) is 5.56 Å². The molecule has 0 saturated carbocycles. The number of aromatic amines is 1. The molecule has 0 radical (unpaired) electrons. The number of aromatic nitrogens is 6. The summed E-state index contributed by atoms with van der Waals surface area (Å²) in [5, 5.41) is 22.0. The molecular weight excluding hydrogens is 311 g/mol. The van der Waals surface area contributed by atoms with Crippen molar-refractivity contribution in [2.24, 2.45) is 0 Å². The fraction of sp³-hybridized carbons (Fsp3) is 0.167. The summed E-state index contributed by atoms with van der Waals surface area (Å²) in [7, 11) is 0. The van der Waals surface area contributed by atoms with Crippen LogP contribution in [0.4, 0.5) is 4.39 Å². The molecule has 0 bridgehead atoms. The molecule has 0 aliphatic heterocycles. The molecule has 23 heavy (non-hydrogen) atoms. The highest BCUT2D eigenvalue weighted by molar-refractivity contribution is 5.48. The molecule has 1 aromatic carbocycles. The van der Waals surface area contributed by atoms with E-state index in [-0.39, 0.29) is 18.2 Å². The lowest BCUT2D eigenvalue weighted by molar-refractivity contribution is 0.140. The summed E-state index contributed by atoms with van der Waals surface area (Å²) in [5.41, 5.74) is 0.120.